The number of esters is 1. The molecule has 0 aliphatic heterocycles. The Labute approximate surface area is 305 Å². The van der Waals surface area contributed by atoms with Crippen molar-refractivity contribution in [3.63, 3.8) is 0 Å². The summed E-state index contributed by atoms with van der Waals surface area (Å²) in [4.78, 5) is 22.3. The van der Waals surface area contributed by atoms with Crippen LogP contribution in [0, 0.1) is 0 Å². The van der Waals surface area contributed by atoms with Crippen LogP contribution in [-0.4, -0.2) is 49.9 Å². The van der Waals surface area contributed by atoms with Crippen molar-refractivity contribution in [2.24, 2.45) is 5.73 Å². The first kappa shape index (κ1) is 47.9. The van der Waals surface area contributed by atoms with Crippen LogP contribution in [0.4, 0.5) is 0 Å². The highest BCUT2D eigenvalue weighted by Crippen LogP contribution is 2.43. The van der Waals surface area contributed by atoms with E-state index in [0.29, 0.717) is 13.0 Å². The zero-order valence-corrected chi connectivity index (χ0v) is 32.5. The lowest BCUT2D eigenvalue weighted by Gasteiger charge is -2.20. The van der Waals surface area contributed by atoms with Gasteiger partial charge in [0.15, 0.2) is 0 Å². The second-order valence-electron chi connectivity index (χ2n) is 12.4. The normalized spacial score (nSPS) is 14.4. The van der Waals surface area contributed by atoms with Gasteiger partial charge < -0.3 is 20.1 Å². The molecule has 9 heteroatoms. The van der Waals surface area contributed by atoms with Gasteiger partial charge in [0, 0.05) is 19.6 Å². The first-order valence-electron chi connectivity index (χ1n) is 19.4. The predicted octanol–water partition coefficient (Wildman–Crippen LogP) is 11.2. The van der Waals surface area contributed by atoms with Gasteiger partial charge in [-0.25, -0.2) is 4.57 Å². The van der Waals surface area contributed by atoms with Crippen LogP contribution < -0.4 is 5.73 Å². The molecule has 0 aliphatic rings. The van der Waals surface area contributed by atoms with E-state index in [1.807, 2.05) is 0 Å². The monoisotopic (exact) mass is 722 g/mol. The minimum absolute atomic E-state index is 0.0908. The number of carbonyl (C=O) groups excluding carboxylic acids is 1. The summed E-state index contributed by atoms with van der Waals surface area (Å²) in [5, 5.41) is 0. The van der Waals surface area contributed by atoms with Crippen LogP contribution in [0.2, 0.25) is 0 Å². The van der Waals surface area contributed by atoms with Gasteiger partial charge in [0.25, 0.3) is 0 Å². The molecule has 2 atom stereocenters. The first-order valence-corrected chi connectivity index (χ1v) is 20.9. The predicted molar refractivity (Wildman–Crippen MR) is 210 cm³/mol. The van der Waals surface area contributed by atoms with Crippen LogP contribution in [0.1, 0.15) is 142 Å². The van der Waals surface area contributed by atoms with E-state index in [-0.39, 0.29) is 32.3 Å². The Hall–Kier alpha value is -2.06. The van der Waals surface area contributed by atoms with E-state index >= 15 is 0 Å². The van der Waals surface area contributed by atoms with Crippen LogP contribution in [0.15, 0.2) is 72.9 Å². The summed E-state index contributed by atoms with van der Waals surface area (Å²) in [5.41, 5.74) is 5.34. The standard InChI is InChI=1S/C41H72NO7P/c1-3-5-7-9-11-13-14-15-16-17-18-19-20-21-22-23-24-25-27-29-31-33-36-46-38-40(39-48-50(44,45)47-37-35-42)49-41(43)34-32-30-28-26-12-10-8-6-4-2/h5,7,11,13,15-16,18-19,21-22,24-25,40H,3-4,6,8-10,12,14,17,20,23,26-39,42H2,1-2H3,(H,44,45)/b7-5-,13-11-,16-15-,19-18-,22-21-,25-24-. The van der Waals surface area contributed by atoms with Gasteiger partial charge in [-0.05, 0) is 64.2 Å². The van der Waals surface area contributed by atoms with Crippen molar-refractivity contribution in [2.45, 2.75) is 148 Å². The van der Waals surface area contributed by atoms with Crippen molar-refractivity contribution >= 4 is 13.8 Å². The fourth-order valence-electron chi connectivity index (χ4n) is 4.82. The average molecular weight is 722 g/mol. The van der Waals surface area contributed by atoms with Gasteiger partial charge >= 0.3 is 13.8 Å². The van der Waals surface area contributed by atoms with E-state index in [4.69, 9.17) is 24.3 Å². The van der Waals surface area contributed by atoms with Crippen molar-refractivity contribution in [3.05, 3.63) is 72.9 Å². The van der Waals surface area contributed by atoms with E-state index < -0.39 is 13.9 Å². The SMILES string of the molecule is CC/C=C\C/C=C\C/C=C\C/C=C\C/C=C\C/C=C\CCCCCOCC(COP(=O)(O)OCCN)OC(=O)CCCCCCCCCCC. The third kappa shape index (κ3) is 37.2. The maximum absolute atomic E-state index is 12.5. The molecule has 0 heterocycles. The van der Waals surface area contributed by atoms with Gasteiger partial charge in [0.1, 0.15) is 6.10 Å². The second-order valence-corrected chi connectivity index (χ2v) is 13.9. The van der Waals surface area contributed by atoms with Crippen molar-refractivity contribution in [1.82, 2.24) is 0 Å². The van der Waals surface area contributed by atoms with Crippen LogP contribution >= 0.6 is 7.82 Å². The molecule has 0 aromatic rings. The average Bonchev–Trinajstić information content (AvgIpc) is 3.10. The molecule has 0 amide bonds. The maximum Gasteiger partial charge on any atom is 0.472 e. The van der Waals surface area contributed by atoms with E-state index in [1.165, 1.54) is 38.5 Å². The molecule has 0 aromatic heterocycles. The Morgan fingerprint density at radius 3 is 1.66 bits per heavy atom. The Kier molecular flexibility index (Phi) is 36.6. The van der Waals surface area contributed by atoms with Gasteiger partial charge in [-0.15, -0.1) is 0 Å². The van der Waals surface area contributed by atoms with Crippen LogP contribution in [0.25, 0.3) is 0 Å². The molecule has 0 aliphatic carbocycles. The highest BCUT2D eigenvalue weighted by Gasteiger charge is 2.25. The molecule has 0 aromatic carbocycles. The number of unbranched alkanes of at least 4 members (excludes halogenated alkanes) is 11. The minimum Gasteiger partial charge on any atom is -0.457 e. The molecule has 8 nitrogen and oxygen atoms in total. The fourth-order valence-corrected chi connectivity index (χ4v) is 5.59. The van der Waals surface area contributed by atoms with E-state index in [0.717, 1.165) is 83.5 Å². The van der Waals surface area contributed by atoms with E-state index in [2.05, 4.69) is 86.8 Å². The zero-order chi connectivity index (χ0) is 36.6. The number of ether oxygens (including phenoxy) is 2. The molecule has 2 unspecified atom stereocenters. The van der Waals surface area contributed by atoms with E-state index in [1.54, 1.807) is 0 Å². The summed E-state index contributed by atoms with van der Waals surface area (Å²) < 4.78 is 33.2. The minimum atomic E-state index is -4.28. The highest BCUT2D eigenvalue weighted by atomic mass is 31.2. The number of hydrogen-bond acceptors (Lipinski definition) is 7. The van der Waals surface area contributed by atoms with Gasteiger partial charge in [-0.2, -0.15) is 0 Å². The van der Waals surface area contributed by atoms with E-state index in [9.17, 15) is 14.3 Å². The van der Waals surface area contributed by atoms with Gasteiger partial charge in [-0.3, -0.25) is 13.8 Å². The summed E-state index contributed by atoms with van der Waals surface area (Å²) >= 11 is 0. The molecule has 0 spiro atoms. The molecule has 3 N–H and O–H groups in total. The number of phosphoric ester groups is 1. The molecule has 0 saturated carbocycles. The fraction of sp³-hybridized carbons (Fsp3) is 0.683. The summed E-state index contributed by atoms with van der Waals surface area (Å²) in [5.74, 6) is -0.350. The van der Waals surface area contributed by atoms with Crippen LogP contribution in [0.3, 0.4) is 0 Å². The maximum atomic E-state index is 12.5. The molecule has 0 fully saturated rings. The molecular formula is C41H72NO7P. The summed E-state index contributed by atoms with van der Waals surface area (Å²) in [6.07, 6.45) is 46.4. The smallest absolute Gasteiger partial charge is 0.457 e. The number of rotatable bonds is 36. The molecule has 0 bridgehead atoms. The molecule has 0 radical (unpaired) electrons. The Morgan fingerprint density at radius 1 is 0.620 bits per heavy atom. The van der Waals surface area contributed by atoms with Crippen molar-refractivity contribution in [2.75, 3.05) is 33.0 Å². The third-order valence-electron chi connectivity index (χ3n) is 7.64. The molecule has 0 rings (SSSR count). The zero-order valence-electron chi connectivity index (χ0n) is 31.6. The largest absolute Gasteiger partial charge is 0.472 e. The van der Waals surface area contributed by atoms with Crippen LogP contribution in [0.5, 0.6) is 0 Å². The van der Waals surface area contributed by atoms with Crippen molar-refractivity contribution in [1.29, 1.82) is 0 Å². The van der Waals surface area contributed by atoms with Crippen molar-refractivity contribution in [3.8, 4) is 0 Å². The second kappa shape index (κ2) is 38.2. The first-order chi connectivity index (χ1) is 24.4. The Balaban J connectivity index is 4.11. The Bertz CT molecular complexity index is 989. The lowest BCUT2D eigenvalue weighted by molar-refractivity contribution is -0.154. The number of phosphoric acid groups is 1. The molecule has 288 valence electrons. The van der Waals surface area contributed by atoms with Crippen molar-refractivity contribution < 1.29 is 32.8 Å². The number of allylic oxidation sites excluding steroid dienone is 12. The highest BCUT2D eigenvalue weighted by molar-refractivity contribution is 7.47. The lowest BCUT2D eigenvalue weighted by atomic mass is 10.1. The summed E-state index contributed by atoms with van der Waals surface area (Å²) in [6, 6.07) is 0. The quantitative estimate of drug-likeness (QED) is 0.0284. The Morgan fingerprint density at radius 2 is 1.12 bits per heavy atom. The van der Waals surface area contributed by atoms with Crippen LogP contribution in [-0.2, 0) is 27.9 Å². The third-order valence-corrected chi connectivity index (χ3v) is 8.62. The lowest BCUT2D eigenvalue weighted by Crippen LogP contribution is -2.28. The summed E-state index contributed by atoms with van der Waals surface area (Å²) in [7, 11) is -4.28. The van der Waals surface area contributed by atoms with Gasteiger partial charge in [0.2, 0.25) is 0 Å². The van der Waals surface area contributed by atoms with Gasteiger partial charge in [-0.1, -0.05) is 145 Å². The topological polar surface area (TPSA) is 117 Å². The molecule has 50 heavy (non-hydrogen) atoms. The summed E-state index contributed by atoms with van der Waals surface area (Å²) in [6.45, 7) is 4.67. The number of nitrogens with two attached hydrogens (primary N) is 1. The number of carbonyl (C=O) groups is 1. The van der Waals surface area contributed by atoms with Gasteiger partial charge in [0.05, 0.1) is 19.8 Å². The molecular weight excluding hydrogens is 649 g/mol. The number of hydrogen-bond donors (Lipinski definition) is 2. The molecule has 0 saturated heterocycles.